The van der Waals surface area contributed by atoms with Crippen LogP contribution < -0.4 is 0 Å². The molecule has 1 heterocycles. The molecule has 1 aromatic carbocycles. The minimum Gasteiger partial charge on any atom is -0.462 e. The summed E-state index contributed by atoms with van der Waals surface area (Å²) in [6, 6.07) is 5.23. The number of carbonyl (C=O) groups is 1. The second-order valence-electron chi connectivity index (χ2n) is 3.07. The van der Waals surface area contributed by atoms with E-state index >= 15 is 0 Å². The molecule has 0 amide bonds. The summed E-state index contributed by atoms with van der Waals surface area (Å²) in [5.74, 6) is 2.16. The Kier molecular flexibility index (Phi) is 2.88. The Morgan fingerprint density at radius 2 is 2.44 bits per heavy atom. The van der Waals surface area contributed by atoms with Gasteiger partial charge in [0.05, 0.1) is 22.4 Å². The lowest BCUT2D eigenvalue weighted by Crippen LogP contribution is -2.03. The molecule has 0 aliphatic carbocycles. The minimum absolute atomic E-state index is 0.319. The largest absolute Gasteiger partial charge is 0.462 e. The van der Waals surface area contributed by atoms with Crippen LogP contribution in [0.2, 0.25) is 0 Å². The van der Waals surface area contributed by atoms with Crippen LogP contribution in [0.4, 0.5) is 0 Å². The molecule has 0 fully saturated rings. The fourth-order valence-electron chi connectivity index (χ4n) is 1.33. The molecule has 0 radical (unpaired) electrons. The maximum atomic E-state index is 11.5. The third-order valence-electron chi connectivity index (χ3n) is 2.02. The van der Waals surface area contributed by atoms with E-state index in [0.29, 0.717) is 17.2 Å². The number of hydrogen-bond acceptors (Lipinski definition) is 4. The number of fused-ring (bicyclic) bond motifs is 1. The van der Waals surface area contributed by atoms with Crippen LogP contribution in [0.5, 0.6) is 0 Å². The van der Waals surface area contributed by atoms with Crippen molar-refractivity contribution >= 4 is 27.5 Å². The van der Waals surface area contributed by atoms with Crippen molar-refractivity contribution in [2.24, 2.45) is 0 Å². The molecule has 16 heavy (non-hydrogen) atoms. The molecule has 2 aromatic rings. The maximum Gasteiger partial charge on any atom is 0.338 e. The number of terminal acetylenes is 1. The third kappa shape index (κ3) is 1.90. The quantitative estimate of drug-likeness (QED) is 0.588. The van der Waals surface area contributed by atoms with Gasteiger partial charge in [-0.2, -0.15) is 0 Å². The highest BCUT2D eigenvalue weighted by Gasteiger charge is 2.09. The molecular weight excluding hydrogens is 222 g/mol. The van der Waals surface area contributed by atoms with Crippen molar-refractivity contribution in [1.82, 2.24) is 4.98 Å². The van der Waals surface area contributed by atoms with Gasteiger partial charge in [0.1, 0.15) is 0 Å². The standard InChI is InChI=1S/C12H9NO2S/c1-3-11-13-9-6-5-8(7-10(9)16-11)12(14)15-4-2/h1,5-7H,4H2,2H3. The summed E-state index contributed by atoms with van der Waals surface area (Å²) in [5.41, 5.74) is 1.34. The molecule has 0 aliphatic rings. The second-order valence-corrected chi connectivity index (χ2v) is 4.10. The van der Waals surface area contributed by atoms with E-state index in [2.05, 4.69) is 10.9 Å². The van der Waals surface area contributed by atoms with E-state index in [1.807, 2.05) is 0 Å². The first kappa shape index (κ1) is 10.7. The van der Waals surface area contributed by atoms with Gasteiger partial charge in [-0.05, 0) is 31.0 Å². The molecular formula is C12H9NO2S. The molecule has 0 aliphatic heterocycles. The monoisotopic (exact) mass is 231 g/mol. The SMILES string of the molecule is C#Cc1nc2ccc(C(=O)OCC)cc2s1. The average Bonchev–Trinajstić information content (AvgIpc) is 2.70. The van der Waals surface area contributed by atoms with Gasteiger partial charge >= 0.3 is 5.97 Å². The summed E-state index contributed by atoms with van der Waals surface area (Å²) in [5, 5.41) is 0.621. The molecule has 4 heteroatoms. The van der Waals surface area contributed by atoms with E-state index in [-0.39, 0.29) is 5.97 Å². The first-order valence-electron chi connectivity index (χ1n) is 4.79. The first-order chi connectivity index (χ1) is 7.74. The Hall–Kier alpha value is -1.86. The number of rotatable bonds is 2. The zero-order chi connectivity index (χ0) is 11.5. The van der Waals surface area contributed by atoms with Crippen LogP contribution in [0.1, 0.15) is 22.3 Å². The van der Waals surface area contributed by atoms with Crippen LogP contribution >= 0.6 is 11.3 Å². The van der Waals surface area contributed by atoms with E-state index < -0.39 is 0 Å². The van der Waals surface area contributed by atoms with Crippen molar-refractivity contribution < 1.29 is 9.53 Å². The maximum absolute atomic E-state index is 11.5. The summed E-state index contributed by atoms with van der Waals surface area (Å²) in [6.45, 7) is 2.15. The molecule has 0 saturated heterocycles. The van der Waals surface area contributed by atoms with E-state index in [1.165, 1.54) is 11.3 Å². The smallest absolute Gasteiger partial charge is 0.338 e. The fourth-order valence-corrected chi connectivity index (χ4v) is 2.14. The molecule has 0 atom stereocenters. The van der Waals surface area contributed by atoms with Gasteiger partial charge < -0.3 is 4.74 Å². The molecule has 0 bridgehead atoms. The predicted octanol–water partition coefficient (Wildman–Crippen LogP) is 2.45. The van der Waals surface area contributed by atoms with Crippen LogP contribution in [0.25, 0.3) is 10.2 Å². The molecule has 1 aromatic heterocycles. The Labute approximate surface area is 97.1 Å². The van der Waals surface area contributed by atoms with Crippen LogP contribution in [-0.4, -0.2) is 17.6 Å². The van der Waals surface area contributed by atoms with Crippen molar-refractivity contribution in [3.05, 3.63) is 28.8 Å². The zero-order valence-electron chi connectivity index (χ0n) is 8.69. The van der Waals surface area contributed by atoms with Gasteiger partial charge in [-0.25, -0.2) is 9.78 Å². The number of ether oxygens (including phenoxy) is 1. The molecule has 0 N–H and O–H groups in total. The summed E-state index contributed by atoms with van der Waals surface area (Å²) >= 11 is 1.39. The van der Waals surface area contributed by atoms with Crippen LogP contribution in [0.15, 0.2) is 18.2 Å². The topological polar surface area (TPSA) is 39.2 Å². The predicted molar refractivity (Wildman–Crippen MR) is 63.5 cm³/mol. The van der Waals surface area contributed by atoms with Gasteiger partial charge in [-0.3, -0.25) is 0 Å². The number of aromatic nitrogens is 1. The van der Waals surface area contributed by atoms with Gasteiger partial charge in [-0.1, -0.05) is 0 Å². The molecule has 0 saturated carbocycles. The van der Waals surface area contributed by atoms with Crippen molar-refractivity contribution in [2.75, 3.05) is 6.61 Å². The van der Waals surface area contributed by atoms with Crippen LogP contribution in [-0.2, 0) is 4.74 Å². The molecule has 2 rings (SSSR count). The highest BCUT2D eigenvalue weighted by molar-refractivity contribution is 7.19. The zero-order valence-corrected chi connectivity index (χ0v) is 9.50. The summed E-state index contributed by atoms with van der Waals surface area (Å²) < 4.78 is 5.82. The molecule has 0 spiro atoms. The van der Waals surface area contributed by atoms with Gasteiger partial charge in [0.15, 0.2) is 5.01 Å². The minimum atomic E-state index is -0.319. The van der Waals surface area contributed by atoms with Crippen molar-refractivity contribution in [1.29, 1.82) is 0 Å². The van der Waals surface area contributed by atoms with E-state index in [9.17, 15) is 4.79 Å². The average molecular weight is 231 g/mol. The van der Waals surface area contributed by atoms with Gasteiger partial charge in [-0.15, -0.1) is 17.8 Å². The third-order valence-corrected chi connectivity index (χ3v) is 2.97. The number of thiazole rings is 1. The Morgan fingerprint density at radius 1 is 1.62 bits per heavy atom. The molecule has 0 unspecified atom stereocenters. The lowest BCUT2D eigenvalue weighted by atomic mass is 10.2. The van der Waals surface area contributed by atoms with E-state index in [4.69, 9.17) is 11.2 Å². The fraction of sp³-hybridized carbons (Fsp3) is 0.167. The lowest BCUT2D eigenvalue weighted by Gasteiger charge is -2.00. The van der Waals surface area contributed by atoms with Gasteiger partial charge in [0, 0.05) is 0 Å². The van der Waals surface area contributed by atoms with Crippen molar-refractivity contribution in [3.8, 4) is 12.3 Å². The van der Waals surface area contributed by atoms with Crippen molar-refractivity contribution in [3.63, 3.8) is 0 Å². The van der Waals surface area contributed by atoms with Gasteiger partial charge in [0.2, 0.25) is 0 Å². The van der Waals surface area contributed by atoms with Crippen LogP contribution in [0, 0.1) is 12.3 Å². The Balaban J connectivity index is 2.44. The summed E-state index contributed by atoms with van der Waals surface area (Å²) in [6.07, 6.45) is 5.27. The van der Waals surface area contributed by atoms with Crippen LogP contribution in [0.3, 0.4) is 0 Å². The molecule has 80 valence electrons. The number of hydrogen-bond donors (Lipinski definition) is 0. The normalized spacial score (nSPS) is 10.0. The highest BCUT2D eigenvalue weighted by Crippen LogP contribution is 2.22. The molecule has 3 nitrogen and oxygen atoms in total. The van der Waals surface area contributed by atoms with Gasteiger partial charge in [0.25, 0.3) is 0 Å². The van der Waals surface area contributed by atoms with Crippen molar-refractivity contribution in [2.45, 2.75) is 6.92 Å². The summed E-state index contributed by atoms with van der Waals surface area (Å²) in [7, 11) is 0. The van der Waals surface area contributed by atoms with E-state index in [0.717, 1.165) is 10.2 Å². The second kappa shape index (κ2) is 4.33. The Bertz CT molecular complexity index is 580. The Morgan fingerprint density at radius 3 is 3.12 bits per heavy atom. The van der Waals surface area contributed by atoms with E-state index in [1.54, 1.807) is 25.1 Å². The number of benzene rings is 1. The highest BCUT2D eigenvalue weighted by atomic mass is 32.1. The number of nitrogens with zero attached hydrogens (tertiary/aromatic N) is 1. The lowest BCUT2D eigenvalue weighted by molar-refractivity contribution is 0.0526. The summed E-state index contributed by atoms with van der Waals surface area (Å²) in [4.78, 5) is 15.7. The first-order valence-corrected chi connectivity index (χ1v) is 5.60. The number of carbonyl (C=O) groups excluding carboxylic acids is 1. The number of esters is 1.